The second kappa shape index (κ2) is 8.09. The van der Waals surface area contributed by atoms with Crippen LogP contribution >= 0.6 is 0 Å². The molecule has 1 aliphatic rings. The van der Waals surface area contributed by atoms with E-state index in [0.717, 1.165) is 5.56 Å². The van der Waals surface area contributed by atoms with Crippen molar-refractivity contribution in [3.63, 3.8) is 0 Å². The van der Waals surface area contributed by atoms with Crippen LogP contribution in [0.1, 0.15) is 30.9 Å². The molecule has 3 unspecified atom stereocenters. The van der Waals surface area contributed by atoms with Crippen LogP contribution in [-0.4, -0.2) is 40.6 Å². The van der Waals surface area contributed by atoms with Gasteiger partial charge in [0.2, 0.25) is 6.29 Å². The Morgan fingerprint density at radius 3 is 2.75 bits per heavy atom. The molecule has 2 rings (SSSR count). The topological polar surface area (TPSA) is 128 Å². The molecule has 0 saturated carbocycles. The lowest BCUT2D eigenvalue weighted by Crippen LogP contribution is -2.42. The molecule has 0 aromatic heterocycles. The van der Waals surface area contributed by atoms with Gasteiger partial charge in [0.25, 0.3) is 0 Å². The summed E-state index contributed by atoms with van der Waals surface area (Å²) in [6.45, 7) is 1.63. The number of rotatable bonds is 6. The highest BCUT2D eigenvalue weighted by molar-refractivity contribution is 5.72. The van der Waals surface area contributed by atoms with E-state index < -0.39 is 24.5 Å². The monoisotopic (exact) mass is 339 g/mol. The van der Waals surface area contributed by atoms with E-state index in [1.165, 1.54) is 6.92 Å². The highest BCUT2D eigenvalue weighted by atomic mass is 16.7. The number of carboxylic acid groups (broad SMARTS) is 1. The van der Waals surface area contributed by atoms with E-state index in [0.29, 0.717) is 11.3 Å². The summed E-state index contributed by atoms with van der Waals surface area (Å²) in [7, 11) is 0. The van der Waals surface area contributed by atoms with Gasteiger partial charge in [0.15, 0.2) is 6.10 Å². The summed E-state index contributed by atoms with van der Waals surface area (Å²) in [5.74, 6) is -1.08. The van der Waals surface area contributed by atoms with Crippen molar-refractivity contribution in [1.82, 2.24) is 0 Å². The Hall–Kier alpha value is -2.16. The zero-order valence-electron chi connectivity index (χ0n) is 13.3. The molecule has 1 aliphatic heterocycles. The van der Waals surface area contributed by atoms with Gasteiger partial charge < -0.3 is 30.2 Å². The molecule has 0 bridgehead atoms. The van der Waals surface area contributed by atoms with E-state index in [2.05, 4.69) is 0 Å². The molecular formula is C16H21NO7. The second-order valence-corrected chi connectivity index (χ2v) is 5.56. The van der Waals surface area contributed by atoms with Crippen molar-refractivity contribution in [2.75, 3.05) is 0 Å². The van der Waals surface area contributed by atoms with Crippen molar-refractivity contribution in [3.8, 4) is 5.75 Å². The van der Waals surface area contributed by atoms with Crippen molar-refractivity contribution in [2.45, 2.75) is 51.4 Å². The molecule has 3 atom stereocenters. The number of carboxylic acids is 1. The molecule has 0 spiro atoms. The zero-order valence-corrected chi connectivity index (χ0v) is 13.3. The Morgan fingerprint density at radius 2 is 2.12 bits per heavy atom. The number of benzene rings is 1. The predicted molar refractivity (Wildman–Crippen MR) is 82.0 cm³/mol. The number of aliphatic hydroxyl groups is 1. The van der Waals surface area contributed by atoms with Crippen LogP contribution in [0.25, 0.3) is 0 Å². The number of hydrogen-bond donors (Lipinski definition) is 3. The SMILES string of the molecule is CC(=O)OCc1ccc(OC2CC(O)CC(C(=O)O)O2)c(CN)c1. The Bertz CT molecular complexity index is 604. The number of aliphatic hydroxyl groups excluding tert-OH is 1. The van der Waals surface area contributed by atoms with Crippen LogP contribution in [0.15, 0.2) is 18.2 Å². The molecule has 24 heavy (non-hydrogen) atoms. The summed E-state index contributed by atoms with van der Waals surface area (Å²) in [6, 6.07) is 5.11. The van der Waals surface area contributed by atoms with Gasteiger partial charge in [0.1, 0.15) is 12.4 Å². The number of ether oxygens (including phenoxy) is 3. The van der Waals surface area contributed by atoms with Crippen LogP contribution in [0, 0.1) is 0 Å². The highest BCUT2D eigenvalue weighted by Gasteiger charge is 2.34. The van der Waals surface area contributed by atoms with E-state index >= 15 is 0 Å². The average molecular weight is 339 g/mol. The molecule has 8 nitrogen and oxygen atoms in total. The third kappa shape index (κ3) is 4.92. The van der Waals surface area contributed by atoms with Crippen LogP contribution in [0.3, 0.4) is 0 Å². The van der Waals surface area contributed by atoms with E-state index in [9.17, 15) is 14.7 Å². The number of carbonyl (C=O) groups is 2. The lowest BCUT2D eigenvalue weighted by Gasteiger charge is -2.31. The summed E-state index contributed by atoms with van der Waals surface area (Å²) in [5, 5.41) is 18.8. The van der Waals surface area contributed by atoms with Crippen molar-refractivity contribution in [3.05, 3.63) is 29.3 Å². The maximum absolute atomic E-state index is 11.0. The fourth-order valence-corrected chi connectivity index (χ4v) is 2.42. The molecule has 0 radical (unpaired) electrons. The Balaban J connectivity index is 2.08. The fourth-order valence-electron chi connectivity index (χ4n) is 2.42. The van der Waals surface area contributed by atoms with Crippen molar-refractivity contribution >= 4 is 11.9 Å². The van der Waals surface area contributed by atoms with Gasteiger partial charge in [-0.15, -0.1) is 0 Å². The summed E-state index contributed by atoms with van der Waals surface area (Å²) in [5.41, 5.74) is 7.13. The molecular weight excluding hydrogens is 318 g/mol. The molecule has 1 heterocycles. The summed E-state index contributed by atoms with van der Waals surface area (Å²) < 4.78 is 15.9. The number of hydrogen-bond acceptors (Lipinski definition) is 7. The molecule has 132 valence electrons. The standard InChI is InChI=1S/C16H21NO7/c1-9(18)22-8-10-2-3-13(11(4-10)7-17)23-15-6-12(19)5-14(24-15)16(20)21/h2-4,12,14-15,19H,5-8,17H2,1H3,(H,20,21). The van der Waals surface area contributed by atoms with Gasteiger partial charge in [-0.05, 0) is 17.7 Å². The quantitative estimate of drug-likeness (QED) is 0.641. The first-order valence-corrected chi connectivity index (χ1v) is 7.57. The van der Waals surface area contributed by atoms with Crippen LogP contribution in [-0.2, 0) is 32.2 Å². The Morgan fingerprint density at radius 1 is 1.38 bits per heavy atom. The van der Waals surface area contributed by atoms with E-state index in [4.69, 9.17) is 25.1 Å². The second-order valence-electron chi connectivity index (χ2n) is 5.56. The van der Waals surface area contributed by atoms with E-state index in [-0.39, 0.29) is 32.0 Å². The van der Waals surface area contributed by atoms with E-state index in [1.807, 2.05) is 0 Å². The summed E-state index contributed by atoms with van der Waals surface area (Å²) >= 11 is 0. The number of esters is 1. The summed E-state index contributed by atoms with van der Waals surface area (Å²) in [6.07, 6.45) is -2.60. The maximum Gasteiger partial charge on any atom is 0.333 e. The average Bonchev–Trinajstić information content (AvgIpc) is 2.53. The molecule has 1 saturated heterocycles. The van der Waals surface area contributed by atoms with Crippen molar-refractivity contribution in [1.29, 1.82) is 0 Å². The third-order valence-electron chi connectivity index (χ3n) is 3.59. The van der Waals surface area contributed by atoms with Crippen LogP contribution in [0.5, 0.6) is 5.75 Å². The summed E-state index contributed by atoms with van der Waals surface area (Å²) in [4.78, 5) is 21.9. The molecule has 0 amide bonds. The Labute approximate surface area is 139 Å². The van der Waals surface area contributed by atoms with Crippen molar-refractivity contribution in [2.24, 2.45) is 5.73 Å². The molecule has 8 heteroatoms. The third-order valence-corrected chi connectivity index (χ3v) is 3.59. The predicted octanol–water partition coefficient (Wildman–Crippen LogP) is 0.538. The molecule has 0 aliphatic carbocycles. The smallest absolute Gasteiger partial charge is 0.333 e. The van der Waals surface area contributed by atoms with Crippen LogP contribution in [0.4, 0.5) is 0 Å². The zero-order chi connectivity index (χ0) is 17.7. The van der Waals surface area contributed by atoms with Gasteiger partial charge in [-0.1, -0.05) is 6.07 Å². The molecule has 1 aromatic rings. The van der Waals surface area contributed by atoms with Gasteiger partial charge in [-0.3, -0.25) is 4.79 Å². The normalized spacial score (nSPS) is 23.5. The van der Waals surface area contributed by atoms with Crippen molar-refractivity contribution < 1.29 is 34.0 Å². The van der Waals surface area contributed by atoms with Crippen LogP contribution < -0.4 is 10.5 Å². The van der Waals surface area contributed by atoms with Gasteiger partial charge in [-0.25, -0.2) is 4.79 Å². The minimum atomic E-state index is -1.14. The fraction of sp³-hybridized carbons (Fsp3) is 0.500. The van der Waals surface area contributed by atoms with Crippen LogP contribution in [0.2, 0.25) is 0 Å². The first kappa shape index (κ1) is 18.2. The Kier molecular flexibility index (Phi) is 6.13. The number of aliphatic carboxylic acids is 1. The van der Waals surface area contributed by atoms with Gasteiger partial charge >= 0.3 is 11.9 Å². The molecule has 1 fully saturated rings. The van der Waals surface area contributed by atoms with E-state index in [1.54, 1.807) is 18.2 Å². The highest BCUT2D eigenvalue weighted by Crippen LogP contribution is 2.26. The minimum Gasteiger partial charge on any atom is -0.479 e. The molecule has 1 aromatic carbocycles. The van der Waals surface area contributed by atoms with Gasteiger partial charge in [0, 0.05) is 31.9 Å². The largest absolute Gasteiger partial charge is 0.479 e. The lowest BCUT2D eigenvalue weighted by atomic mass is 10.1. The number of nitrogens with two attached hydrogens (primary N) is 1. The maximum atomic E-state index is 11.0. The minimum absolute atomic E-state index is 0.0280. The first-order chi connectivity index (χ1) is 11.4. The lowest BCUT2D eigenvalue weighted by molar-refractivity contribution is -0.195. The first-order valence-electron chi connectivity index (χ1n) is 7.57. The van der Waals surface area contributed by atoms with Gasteiger partial charge in [0.05, 0.1) is 6.10 Å². The molecule has 4 N–H and O–H groups in total. The number of carbonyl (C=O) groups excluding carboxylic acids is 1. The van der Waals surface area contributed by atoms with Gasteiger partial charge in [-0.2, -0.15) is 0 Å².